The van der Waals surface area contributed by atoms with Gasteiger partial charge in [-0.05, 0) is 50.7 Å². The van der Waals surface area contributed by atoms with E-state index in [1.807, 2.05) is 6.92 Å². The molecule has 2 aromatic heterocycles. The van der Waals surface area contributed by atoms with Crippen molar-refractivity contribution in [2.24, 2.45) is 11.1 Å². The predicted molar refractivity (Wildman–Crippen MR) is 130 cm³/mol. The van der Waals surface area contributed by atoms with Gasteiger partial charge in [-0.3, -0.25) is 14.4 Å². The van der Waals surface area contributed by atoms with Crippen LogP contribution in [0.4, 0.5) is 10.0 Å². The average molecular weight is 492 g/mol. The van der Waals surface area contributed by atoms with Crippen LogP contribution >= 0.6 is 22.7 Å². The molecule has 0 saturated carbocycles. The number of hydrogen-bond acceptors (Lipinski definition) is 7. The van der Waals surface area contributed by atoms with E-state index in [4.69, 9.17) is 10.5 Å². The number of amides is 3. The van der Waals surface area contributed by atoms with E-state index in [0.29, 0.717) is 21.1 Å². The molecule has 2 aromatic rings. The van der Waals surface area contributed by atoms with E-state index in [1.54, 1.807) is 27.7 Å². The minimum Gasteiger partial charge on any atom is -0.452 e. The van der Waals surface area contributed by atoms with Crippen molar-refractivity contribution >= 4 is 56.4 Å². The third-order valence-electron chi connectivity index (χ3n) is 5.50. The monoisotopic (exact) mass is 491 g/mol. The molecule has 4 N–H and O–H groups in total. The van der Waals surface area contributed by atoms with Gasteiger partial charge in [0, 0.05) is 15.2 Å². The van der Waals surface area contributed by atoms with E-state index < -0.39 is 29.8 Å². The predicted octanol–water partition coefficient (Wildman–Crippen LogP) is 4.18. The highest BCUT2D eigenvalue weighted by Crippen LogP contribution is 2.38. The molecule has 3 amide bonds. The average Bonchev–Trinajstić information content (AvgIpc) is 3.22. The minimum atomic E-state index is -0.697. The first-order valence-electron chi connectivity index (χ1n) is 10.7. The molecule has 0 spiro atoms. The Morgan fingerprint density at radius 2 is 1.61 bits per heavy atom. The van der Waals surface area contributed by atoms with E-state index in [-0.39, 0.29) is 11.5 Å². The molecule has 0 bridgehead atoms. The summed E-state index contributed by atoms with van der Waals surface area (Å²) in [7, 11) is 0. The number of nitrogens with one attached hydrogen (secondary N) is 2. The Hall–Kier alpha value is -2.72. The second-order valence-electron chi connectivity index (χ2n) is 9.10. The van der Waals surface area contributed by atoms with Gasteiger partial charge in [0.2, 0.25) is 5.91 Å². The number of fused-ring (bicyclic) bond motifs is 1. The molecule has 0 aromatic carbocycles. The van der Waals surface area contributed by atoms with Gasteiger partial charge in [-0.25, -0.2) is 4.79 Å². The first-order chi connectivity index (χ1) is 15.4. The Kier molecular flexibility index (Phi) is 7.28. The lowest BCUT2D eigenvalue weighted by atomic mass is 9.95. The van der Waals surface area contributed by atoms with E-state index in [0.717, 1.165) is 41.0 Å². The lowest BCUT2D eigenvalue weighted by Crippen LogP contribution is -2.28. The molecule has 0 fully saturated rings. The van der Waals surface area contributed by atoms with Crippen LogP contribution < -0.4 is 16.4 Å². The van der Waals surface area contributed by atoms with Crippen molar-refractivity contribution in [1.82, 2.24) is 0 Å². The van der Waals surface area contributed by atoms with Crippen molar-refractivity contribution in [3.8, 4) is 0 Å². The van der Waals surface area contributed by atoms with Gasteiger partial charge in [-0.1, -0.05) is 20.8 Å². The van der Waals surface area contributed by atoms with Crippen molar-refractivity contribution in [1.29, 1.82) is 0 Å². The summed E-state index contributed by atoms with van der Waals surface area (Å²) in [4.78, 5) is 51.6. The Labute approximate surface area is 200 Å². The molecule has 0 radical (unpaired) electrons. The smallest absolute Gasteiger partial charge is 0.341 e. The van der Waals surface area contributed by atoms with Crippen LogP contribution in [-0.2, 0) is 27.2 Å². The van der Waals surface area contributed by atoms with Crippen LogP contribution in [-0.4, -0.2) is 30.3 Å². The topological polar surface area (TPSA) is 128 Å². The maximum absolute atomic E-state index is 12.8. The summed E-state index contributed by atoms with van der Waals surface area (Å²) >= 11 is 2.64. The van der Waals surface area contributed by atoms with E-state index in [9.17, 15) is 19.2 Å². The summed E-state index contributed by atoms with van der Waals surface area (Å²) in [5, 5.41) is 6.27. The highest BCUT2D eigenvalue weighted by molar-refractivity contribution is 7.17. The maximum atomic E-state index is 12.8. The van der Waals surface area contributed by atoms with E-state index >= 15 is 0 Å². The van der Waals surface area contributed by atoms with Gasteiger partial charge in [0.1, 0.15) is 10.0 Å². The second-order valence-corrected chi connectivity index (χ2v) is 11.4. The minimum absolute atomic E-state index is 0.226. The van der Waals surface area contributed by atoms with Crippen LogP contribution in [0.15, 0.2) is 0 Å². The van der Waals surface area contributed by atoms with Crippen molar-refractivity contribution in [3.05, 3.63) is 32.0 Å². The number of anilines is 2. The zero-order valence-electron chi connectivity index (χ0n) is 19.5. The Morgan fingerprint density at radius 1 is 0.970 bits per heavy atom. The number of esters is 1. The second kappa shape index (κ2) is 9.64. The van der Waals surface area contributed by atoms with Crippen molar-refractivity contribution in [3.63, 3.8) is 0 Å². The van der Waals surface area contributed by atoms with Crippen molar-refractivity contribution < 1.29 is 23.9 Å². The van der Waals surface area contributed by atoms with Crippen LogP contribution in [0.25, 0.3) is 0 Å². The number of aryl methyl sites for hydroxylation is 2. The van der Waals surface area contributed by atoms with Gasteiger partial charge >= 0.3 is 5.97 Å². The quantitative estimate of drug-likeness (QED) is 0.522. The first-order valence-corrected chi connectivity index (χ1v) is 12.4. The molecule has 33 heavy (non-hydrogen) atoms. The third kappa shape index (κ3) is 5.44. The van der Waals surface area contributed by atoms with Crippen LogP contribution in [0.5, 0.6) is 0 Å². The SMILES string of the molecule is Cc1sc(NC(=O)C(C)(C)C)c(C(=O)OCC(=O)Nc2sc3c(c2C(N)=O)CCCC3)c1C. The fourth-order valence-electron chi connectivity index (χ4n) is 3.53. The van der Waals surface area contributed by atoms with Gasteiger partial charge in [0.25, 0.3) is 11.8 Å². The van der Waals surface area contributed by atoms with E-state index in [1.165, 1.54) is 22.7 Å². The number of carbonyl (C=O) groups excluding carboxylic acids is 4. The normalized spacial score (nSPS) is 13.2. The molecule has 0 aliphatic heterocycles. The molecular weight excluding hydrogens is 462 g/mol. The summed E-state index contributed by atoms with van der Waals surface area (Å²) in [5.74, 6) is -2.06. The number of ether oxygens (including phenoxy) is 1. The molecular formula is C23H29N3O5S2. The van der Waals surface area contributed by atoms with Crippen LogP contribution in [0.2, 0.25) is 0 Å². The lowest BCUT2D eigenvalue weighted by Gasteiger charge is -2.17. The third-order valence-corrected chi connectivity index (χ3v) is 7.83. The number of carbonyl (C=O) groups is 4. The van der Waals surface area contributed by atoms with Gasteiger partial charge in [0.05, 0.1) is 11.1 Å². The molecule has 178 valence electrons. The maximum Gasteiger partial charge on any atom is 0.341 e. The standard InChI is InChI=1S/C23H29N3O5S2/c1-11-12(2)32-19(26-22(30)23(3,4)5)16(11)21(29)31-10-15(27)25-20-17(18(24)28)13-8-6-7-9-14(13)33-20/h6-10H2,1-5H3,(H2,24,28)(H,25,27)(H,26,30). The Balaban J connectivity index is 1.71. The highest BCUT2D eigenvalue weighted by atomic mass is 32.1. The molecule has 10 heteroatoms. The zero-order chi connectivity index (χ0) is 24.5. The summed E-state index contributed by atoms with van der Waals surface area (Å²) < 4.78 is 5.26. The molecule has 0 unspecified atom stereocenters. The van der Waals surface area contributed by atoms with Gasteiger partial charge in [0.15, 0.2) is 6.61 Å². The molecule has 8 nitrogen and oxygen atoms in total. The summed E-state index contributed by atoms with van der Waals surface area (Å²) in [6, 6.07) is 0. The first kappa shape index (κ1) is 24.9. The molecule has 3 rings (SSSR count). The summed E-state index contributed by atoms with van der Waals surface area (Å²) in [6.07, 6.45) is 3.62. The molecule has 2 heterocycles. The number of primary amides is 1. The fourth-order valence-corrected chi connectivity index (χ4v) is 5.89. The molecule has 1 aliphatic rings. The van der Waals surface area contributed by atoms with Crippen LogP contribution in [0.1, 0.15) is 75.2 Å². The Morgan fingerprint density at radius 3 is 2.24 bits per heavy atom. The summed E-state index contributed by atoms with van der Waals surface area (Å²) in [6.45, 7) is 8.42. The number of thiophene rings is 2. The van der Waals surface area contributed by atoms with E-state index in [2.05, 4.69) is 10.6 Å². The number of hydrogen-bond donors (Lipinski definition) is 3. The van der Waals surface area contributed by atoms with Crippen molar-refractivity contribution in [2.45, 2.75) is 60.3 Å². The Bertz CT molecular complexity index is 1120. The van der Waals surface area contributed by atoms with Crippen LogP contribution in [0.3, 0.4) is 0 Å². The largest absolute Gasteiger partial charge is 0.452 e. The van der Waals surface area contributed by atoms with Gasteiger partial charge < -0.3 is 21.1 Å². The number of nitrogens with two attached hydrogens (primary N) is 1. The number of rotatable bonds is 6. The molecule has 0 saturated heterocycles. The lowest BCUT2D eigenvalue weighted by molar-refractivity contribution is -0.123. The molecule has 0 atom stereocenters. The summed E-state index contributed by atoms with van der Waals surface area (Å²) in [5.41, 5.74) is 7.12. The highest BCUT2D eigenvalue weighted by Gasteiger charge is 2.28. The fraction of sp³-hybridized carbons (Fsp3) is 0.478. The van der Waals surface area contributed by atoms with Gasteiger partial charge in [-0.2, -0.15) is 0 Å². The van der Waals surface area contributed by atoms with Crippen molar-refractivity contribution in [2.75, 3.05) is 17.2 Å². The zero-order valence-corrected chi connectivity index (χ0v) is 21.1. The van der Waals surface area contributed by atoms with Crippen LogP contribution in [0, 0.1) is 19.3 Å². The van der Waals surface area contributed by atoms with Gasteiger partial charge in [-0.15, -0.1) is 22.7 Å². The molecule has 1 aliphatic carbocycles.